The minimum atomic E-state index is 0.498. The Hall–Kier alpha value is -2.20. The van der Waals surface area contributed by atoms with Gasteiger partial charge in [0.25, 0.3) is 0 Å². The fraction of sp³-hybridized carbons (Fsp3) is 0.455. The van der Waals surface area contributed by atoms with Crippen molar-refractivity contribution in [3.05, 3.63) is 67.0 Å². The summed E-state index contributed by atoms with van der Waals surface area (Å²) >= 11 is 0. The van der Waals surface area contributed by atoms with E-state index in [1.807, 2.05) is 24.5 Å². The molecule has 4 heteroatoms. The summed E-state index contributed by atoms with van der Waals surface area (Å²) in [6, 6.07) is 13.2. The maximum absolute atomic E-state index is 4.44. The number of rotatable bonds is 8. The van der Waals surface area contributed by atoms with Crippen LogP contribution < -0.4 is 4.90 Å². The predicted molar refractivity (Wildman–Crippen MR) is 109 cm³/mol. The van der Waals surface area contributed by atoms with Crippen molar-refractivity contribution >= 4 is 5.95 Å². The summed E-state index contributed by atoms with van der Waals surface area (Å²) in [5, 5.41) is 0. The lowest BCUT2D eigenvalue weighted by Gasteiger charge is -2.38. The number of piperidine rings is 1. The van der Waals surface area contributed by atoms with Crippen molar-refractivity contribution in [1.82, 2.24) is 14.9 Å². The second kappa shape index (κ2) is 9.48. The number of hydrogen-bond donors (Lipinski definition) is 0. The second-order valence-electron chi connectivity index (χ2n) is 7.16. The van der Waals surface area contributed by atoms with Gasteiger partial charge in [0.1, 0.15) is 0 Å². The standard InChI is InChI=1S/C22H30N4/c1-3-15-26(22-23-13-7-14-24-22)21-11-17-25(18-12-21)16-10-19(2)20-8-5-4-6-9-20/h3-9,13-14,19,21H,1,10-12,15-18H2,2H3. The molecule has 1 aliphatic heterocycles. The van der Waals surface area contributed by atoms with Crippen molar-refractivity contribution in [2.45, 2.75) is 38.1 Å². The van der Waals surface area contributed by atoms with Crippen LogP contribution in [0, 0.1) is 0 Å². The third-order valence-electron chi connectivity index (χ3n) is 5.38. The minimum Gasteiger partial charge on any atom is -0.334 e. The molecule has 1 unspecified atom stereocenters. The smallest absolute Gasteiger partial charge is 0.225 e. The largest absolute Gasteiger partial charge is 0.334 e. The Bertz CT molecular complexity index is 650. The summed E-state index contributed by atoms with van der Waals surface area (Å²) in [7, 11) is 0. The van der Waals surface area contributed by atoms with E-state index in [0.29, 0.717) is 12.0 Å². The zero-order chi connectivity index (χ0) is 18.2. The lowest BCUT2D eigenvalue weighted by molar-refractivity contribution is 0.203. The molecule has 0 aliphatic carbocycles. The Morgan fingerprint density at radius 1 is 1.15 bits per heavy atom. The summed E-state index contributed by atoms with van der Waals surface area (Å²) in [6.45, 7) is 10.5. The lowest BCUT2D eigenvalue weighted by Crippen LogP contribution is -2.46. The Morgan fingerprint density at radius 2 is 1.85 bits per heavy atom. The van der Waals surface area contributed by atoms with Gasteiger partial charge in [0.15, 0.2) is 0 Å². The fourth-order valence-electron chi connectivity index (χ4n) is 3.75. The average molecular weight is 351 g/mol. The molecule has 1 aliphatic rings. The Balaban J connectivity index is 1.49. The van der Waals surface area contributed by atoms with E-state index in [2.05, 4.69) is 63.6 Å². The van der Waals surface area contributed by atoms with E-state index in [1.165, 1.54) is 18.5 Å². The van der Waals surface area contributed by atoms with Crippen LogP contribution in [0.4, 0.5) is 5.95 Å². The molecule has 0 radical (unpaired) electrons. The normalized spacial score (nSPS) is 17.0. The van der Waals surface area contributed by atoms with Crippen LogP contribution in [0.2, 0.25) is 0 Å². The Kier molecular flexibility index (Phi) is 6.78. The van der Waals surface area contributed by atoms with Crippen molar-refractivity contribution in [3.63, 3.8) is 0 Å². The summed E-state index contributed by atoms with van der Waals surface area (Å²) in [4.78, 5) is 13.8. The molecule has 0 N–H and O–H groups in total. The highest BCUT2D eigenvalue weighted by atomic mass is 15.3. The number of hydrogen-bond acceptors (Lipinski definition) is 4. The van der Waals surface area contributed by atoms with E-state index in [9.17, 15) is 0 Å². The molecule has 138 valence electrons. The molecule has 0 amide bonds. The van der Waals surface area contributed by atoms with Crippen LogP contribution in [0.3, 0.4) is 0 Å². The maximum atomic E-state index is 4.44. The van der Waals surface area contributed by atoms with Gasteiger partial charge in [-0.15, -0.1) is 6.58 Å². The molecule has 2 aromatic rings. The van der Waals surface area contributed by atoms with E-state index in [-0.39, 0.29) is 0 Å². The van der Waals surface area contributed by atoms with Crippen LogP contribution in [-0.2, 0) is 0 Å². The molecular weight excluding hydrogens is 320 g/mol. The van der Waals surface area contributed by atoms with E-state index in [0.717, 1.165) is 38.4 Å². The highest BCUT2D eigenvalue weighted by Gasteiger charge is 2.25. The van der Waals surface area contributed by atoms with Gasteiger partial charge in [-0.05, 0) is 43.4 Å². The predicted octanol–water partition coefficient (Wildman–Crippen LogP) is 4.13. The van der Waals surface area contributed by atoms with Gasteiger partial charge in [0.05, 0.1) is 0 Å². The van der Waals surface area contributed by atoms with Crippen LogP contribution in [0.5, 0.6) is 0 Å². The van der Waals surface area contributed by atoms with Crippen LogP contribution in [0.1, 0.15) is 37.7 Å². The van der Waals surface area contributed by atoms with Gasteiger partial charge >= 0.3 is 0 Å². The zero-order valence-corrected chi connectivity index (χ0v) is 15.8. The molecule has 1 aromatic carbocycles. The molecule has 4 nitrogen and oxygen atoms in total. The van der Waals surface area contributed by atoms with E-state index in [4.69, 9.17) is 0 Å². The van der Waals surface area contributed by atoms with Gasteiger partial charge in [0, 0.05) is 38.1 Å². The first-order chi connectivity index (χ1) is 12.8. The Morgan fingerprint density at radius 3 is 2.50 bits per heavy atom. The first kappa shape index (κ1) is 18.6. The molecule has 0 spiro atoms. The number of anilines is 1. The summed E-state index contributed by atoms with van der Waals surface area (Å²) in [5.41, 5.74) is 1.45. The number of aromatic nitrogens is 2. The van der Waals surface area contributed by atoms with Gasteiger partial charge in [-0.3, -0.25) is 0 Å². The molecule has 0 saturated carbocycles. The van der Waals surface area contributed by atoms with Crippen molar-refractivity contribution < 1.29 is 0 Å². The molecule has 26 heavy (non-hydrogen) atoms. The van der Waals surface area contributed by atoms with Crippen molar-refractivity contribution in [2.75, 3.05) is 31.1 Å². The summed E-state index contributed by atoms with van der Waals surface area (Å²) < 4.78 is 0. The van der Waals surface area contributed by atoms with Crippen LogP contribution in [0.25, 0.3) is 0 Å². The average Bonchev–Trinajstić information content (AvgIpc) is 2.72. The lowest BCUT2D eigenvalue weighted by atomic mass is 9.96. The van der Waals surface area contributed by atoms with Crippen LogP contribution in [0.15, 0.2) is 61.4 Å². The Labute approximate surface area is 157 Å². The molecule has 3 rings (SSSR count). The fourth-order valence-corrected chi connectivity index (χ4v) is 3.75. The first-order valence-corrected chi connectivity index (χ1v) is 9.69. The van der Waals surface area contributed by atoms with E-state index in [1.54, 1.807) is 0 Å². The maximum Gasteiger partial charge on any atom is 0.225 e. The number of likely N-dealkylation sites (tertiary alicyclic amines) is 1. The molecule has 1 atom stereocenters. The van der Waals surface area contributed by atoms with E-state index < -0.39 is 0 Å². The van der Waals surface area contributed by atoms with Gasteiger partial charge in [0.2, 0.25) is 5.95 Å². The monoisotopic (exact) mass is 350 g/mol. The molecular formula is C22H30N4. The van der Waals surface area contributed by atoms with Crippen molar-refractivity contribution in [3.8, 4) is 0 Å². The second-order valence-corrected chi connectivity index (χ2v) is 7.16. The van der Waals surface area contributed by atoms with Crippen LogP contribution in [-0.4, -0.2) is 47.1 Å². The molecule has 0 bridgehead atoms. The molecule has 1 fully saturated rings. The highest BCUT2D eigenvalue weighted by Crippen LogP contribution is 2.23. The number of nitrogens with zero attached hydrogens (tertiary/aromatic N) is 4. The third-order valence-corrected chi connectivity index (χ3v) is 5.38. The van der Waals surface area contributed by atoms with E-state index >= 15 is 0 Å². The van der Waals surface area contributed by atoms with Crippen LogP contribution >= 0.6 is 0 Å². The SMILES string of the molecule is C=CCN(c1ncccn1)C1CCN(CCC(C)c2ccccc2)CC1. The van der Waals surface area contributed by atoms with Crippen molar-refractivity contribution in [1.29, 1.82) is 0 Å². The van der Waals surface area contributed by atoms with Gasteiger partial charge in [-0.2, -0.15) is 0 Å². The molecule has 1 saturated heterocycles. The summed E-state index contributed by atoms with van der Waals surface area (Å²) in [5.74, 6) is 1.44. The van der Waals surface area contributed by atoms with Gasteiger partial charge < -0.3 is 9.80 Å². The quantitative estimate of drug-likeness (QED) is 0.670. The summed E-state index contributed by atoms with van der Waals surface area (Å²) in [6.07, 6.45) is 9.12. The third kappa shape index (κ3) is 4.92. The topological polar surface area (TPSA) is 32.3 Å². The highest BCUT2D eigenvalue weighted by molar-refractivity contribution is 5.32. The zero-order valence-electron chi connectivity index (χ0n) is 15.8. The van der Waals surface area contributed by atoms with Gasteiger partial charge in [-0.25, -0.2) is 9.97 Å². The number of benzene rings is 1. The minimum absolute atomic E-state index is 0.498. The molecule has 1 aromatic heterocycles. The molecule has 2 heterocycles. The first-order valence-electron chi connectivity index (χ1n) is 9.69. The van der Waals surface area contributed by atoms with Gasteiger partial charge in [-0.1, -0.05) is 43.3 Å². The van der Waals surface area contributed by atoms with Crippen molar-refractivity contribution in [2.24, 2.45) is 0 Å².